The van der Waals surface area contributed by atoms with Gasteiger partial charge in [0.15, 0.2) is 0 Å². The number of aryl methyl sites for hydroxylation is 3. The van der Waals surface area contributed by atoms with E-state index in [1.54, 1.807) is 12.1 Å². The molecular formula is C24H24N2O2. The van der Waals surface area contributed by atoms with Gasteiger partial charge in [-0.3, -0.25) is 4.79 Å². The zero-order valence-electron chi connectivity index (χ0n) is 16.4. The van der Waals surface area contributed by atoms with Crippen molar-refractivity contribution >= 4 is 33.3 Å². The Morgan fingerprint density at radius 1 is 1.00 bits per heavy atom. The lowest BCUT2D eigenvalue weighted by molar-refractivity contribution is 0.101. The van der Waals surface area contributed by atoms with Crippen molar-refractivity contribution in [1.29, 1.82) is 0 Å². The molecule has 4 nitrogen and oxygen atoms in total. The summed E-state index contributed by atoms with van der Waals surface area (Å²) in [7, 11) is 0. The van der Waals surface area contributed by atoms with E-state index in [0.29, 0.717) is 11.4 Å². The maximum absolute atomic E-state index is 13.3. The first-order valence-electron chi connectivity index (χ1n) is 9.69. The number of carbonyl (C=O) groups is 1. The number of phenolic OH excluding ortho intramolecular Hbond substituents is 1. The second kappa shape index (κ2) is 7.04. The molecule has 0 fully saturated rings. The molecule has 0 saturated heterocycles. The third-order valence-electron chi connectivity index (χ3n) is 5.47. The molecular weight excluding hydrogens is 348 g/mol. The van der Waals surface area contributed by atoms with Gasteiger partial charge in [0.05, 0.1) is 0 Å². The van der Waals surface area contributed by atoms with Crippen LogP contribution >= 0.6 is 0 Å². The highest BCUT2D eigenvalue weighted by molar-refractivity contribution is 6.12. The van der Waals surface area contributed by atoms with Gasteiger partial charge in [0.1, 0.15) is 11.4 Å². The van der Waals surface area contributed by atoms with E-state index in [1.165, 1.54) is 5.56 Å². The number of hydrogen-bond acceptors (Lipinski definition) is 2. The van der Waals surface area contributed by atoms with Gasteiger partial charge in [-0.2, -0.15) is 0 Å². The predicted molar refractivity (Wildman–Crippen MR) is 115 cm³/mol. The number of hydrogen-bond donors (Lipinski definition) is 2. The highest BCUT2D eigenvalue weighted by Gasteiger charge is 2.20. The topological polar surface area (TPSA) is 54.3 Å². The fourth-order valence-electron chi connectivity index (χ4n) is 3.99. The van der Waals surface area contributed by atoms with Gasteiger partial charge in [0.2, 0.25) is 0 Å². The Kier molecular flexibility index (Phi) is 4.55. The van der Waals surface area contributed by atoms with Gasteiger partial charge in [-0.15, -0.1) is 0 Å². The second-order valence-corrected chi connectivity index (χ2v) is 7.05. The summed E-state index contributed by atoms with van der Waals surface area (Å²) in [5.74, 6) is 0.0731. The molecule has 0 aliphatic carbocycles. The largest absolute Gasteiger partial charge is 0.507 e. The Hall–Kier alpha value is -3.27. The van der Waals surface area contributed by atoms with Crippen molar-refractivity contribution in [1.82, 2.24) is 4.57 Å². The number of aromatic nitrogens is 1. The lowest BCUT2D eigenvalue weighted by Gasteiger charge is -2.12. The van der Waals surface area contributed by atoms with E-state index in [1.807, 2.05) is 31.2 Å². The number of benzene rings is 3. The first kappa shape index (κ1) is 18.1. The maximum atomic E-state index is 13.3. The Labute approximate surface area is 164 Å². The summed E-state index contributed by atoms with van der Waals surface area (Å²) in [6.07, 6.45) is 0.966. The number of nitrogens with one attached hydrogen (secondary N) is 1. The van der Waals surface area contributed by atoms with Crippen molar-refractivity contribution in [2.45, 2.75) is 33.7 Å². The van der Waals surface area contributed by atoms with Crippen LogP contribution in [0.1, 0.15) is 35.5 Å². The van der Waals surface area contributed by atoms with Crippen molar-refractivity contribution in [2.24, 2.45) is 0 Å². The fraction of sp³-hybridized carbons (Fsp3) is 0.208. The highest BCUT2D eigenvalue weighted by Crippen LogP contribution is 2.32. The molecule has 0 saturated carbocycles. The molecule has 0 radical (unpaired) electrons. The van der Waals surface area contributed by atoms with Gasteiger partial charge in [-0.05, 0) is 55.7 Å². The SMILES string of the molecule is CCc1ccc2c(c1)c(C)c(C(=O)Nc1cccc3c(O)cccc13)n2CC. The Balaban J connectivity index is 1.82. The van der Waals surface area contributed by atoms with Crippen molar-refractivity contribution in [3.05, 3.63) is 71.4 Å². The van der Waals surface area contributed by atoms with Gasteiger partial charge in [-0.1, -0.05) is 37.3 Å². The van der Waals surface area contributed by atoms with E-state index in [-0.39, 0.29) is 11.7 Å². The standard InChI is InChI=1S/C24H24N2O2/c1-4-16-12-13-21-19(14-16)15(3)23(26(21)5-2)24(28)25-20-10-6-9-18-17(20)8-7-11-22(18)27/h6-14,27H,4-5H2,1-3H3,(H,25,28). The van der Waals surface area contributed by atoms with Gasteiger partial charge in [0.25, 0.3) is 5.91 Å². The minimum absolute atomic E-state index is 0.135. The summed E-state index contributed by atoms with van der Waals surface area (Å²) in [6, 6.07) is 17.3. The number of phenols is 1. The molecule has 1 aromatic heterocycles. The molecule has 0 aliphatic heterocycles. The first-order chi connectivity index (χ1) is 13.5. The molecule has 1 heterocycles. The summed E-state index contributed by atoms with van der Waals surface area (Å²) in [5, 5.41) is 15.8. The van der Waals surface area contributed by atoms with Crippen LogP contribution in [0.4, 0.5) is 5.69 Å². The quantitative estimate of drug-likeness (QED) is 0.487. The van der Waals surface area contributed by atoms with Crippen LogP contribution in [0.25, 0.3) is 21.7 Å². The number of carbonyl (C=O) groups excluding carboxylic acids is 1. The summed E-state index contributed by atoms with van der Waals surface area (Å²) >= 11 is 0. The first-order valence-corrected chi connectivity index (χ1v) is 9.69. The molecule has 3 aromatic carbocycles. The minimum atomic E-state index is -0.135. The van der Waals surface area contributed by atoms with Gasteiger partial charge >= 0.3 is 0 Å². The molecule has 4 rings (SSSR count). The van der Waals surface area contributed by atoms with Crippen LogP contribution in [0.5, 0.6) is 5.75 Å². The maximum Gasteiger partial charge on any atom is 0.272 e. The van der Waals surface area contributed by atoms with E-state index in [9.17, 15) is 9.90 Å². The summed E-state index contributed by atoms with van der Waals surface area (Å²) in [4.78, 5) is 13.3. The van der Waals surface area contributed by atoms with E-state index >= 15 is 0 Å². The molecule has 0 spiro atoms. The molecule has 28 heavy (non-hydrogen) atoms. The van der Waals surface area contributed by atoms with E-state index in [2.05, 4.69) is 41.9 Å². The smallest absolute Gasteiger partial charge is 0.272 e. The molecule has 0 atom stereocenters. The summed E-state index contributed by atoms with van der Waals surface area (Å²) in [5.41, 5.74) is 4.72. The molecule has 0 aliphatic rings. The van der Waals surface area contributed by atoms with Crippen LogP contribution in [0.3, 0.4) is 0 Å². The number of rotatable bonds is 4. The lowest BCUT2D eigenvalue weighted by Crippen LogP contribution is -2.18. The predicted octanol–water partition coefficient (Wildman–Crippen LogP) is 5.64. The summed E-state index contributed by atoms with van der Waals surface area (Å²) in [6.45, 7) is 6.92. The van der Waals surface area contributed by atoms with E-state index in [4.69, 9.17) is 0 Å². The van der Waals surface area contributed by atoms with Gasteiger partial charge in [-0.25, -0.2) is 0 Å². The van der Waals surface area contributed by atoms with Crippen molar-refractivity contribution < 1.29 is 9.90 Å². The number of nitrogens with zero attached hydrogens (tertiary/aromatic N) is 1. The zero-order chi connectivity index (χ0) is 19.8. The molecule has 0 bridgehead atoms. The number of fused-ring (bicyclic) bond motifs is 2. The average molecular weight is 372 g/mol. The number of amides is 1. The monoisotopic (exact) mass is 372 g/mol. The Bertz CT molecular complexity index is 1200. The highest BCUT2D eigenvalue weighted by atomic mass is 16.3. The van der Waals surface area contributed by atoms with E-state index < -0.39 is 0 Å². The Morgan fingerprint density at radius 2 is 1.75 bits per heavy atom. The van der Waals surface area contributed by atoms with Crippen LogP contribution in [-0.4, -0.2) is 15.6 Å². The van der Waals surface area contributed by atoms with Gasteiger partial charge in [0, 0.05) is 33.9 Å². The Morgan fingerprint density at radius 3 is 2.50 bits per heavy atom. The van der Waals surface area contributed by atoms with Crippen LogP contribution in [0.2, 0.25) is 0 Å². The molecule has 4 aromatic rings. The second-order valence-electron chi connectivity index (χ2n) is 7.05. The van der Waals surface area contributed by atoms with Crippen molar-refractivity contribution in [3.8, 4) is 5.75 Å². The van der Waals surface area contributed by atoms with Crippen LogP contribution in [0.15, 0.2) is 54.6 Å². The van der Waals surface area contributed by atoms with Gasteiger partial charge < -0.3 is 15.0 Å². The molecule has 2 N–H and O–H groups in total. The number of anilines is 1. The molecule has 1 amide bonds. The zero-order valence-corrected chi connectivity index (χ0v) is 16.4. The molecule has 0 unspecified atom stereocenters. The normalized spacial score (nSPS) is 11.2. The minimum Gasteiger partial charge on any atom is -0.507 e. The van der Waals surface area contributed by atoms with Crippen LogP contribution in [-0.2, 0) is 13.0 Å². The third-order valence-corrected chi connectivity index (χ3v) is 5.47. The average Bonchev–Trinajstić information content (AvgIpc) is 3.00. The summed E-state index contributed by atoms with van der Waals surface area (Å²) < 4.78 is 2.07. The third kappa shape index (κ3) is 2.82. The van der Waals surface area contributed by atoms with Crippen molar-refractivity contribution in [3.63, 3.8) is 0 Å². The van der Waals surface area contributed by atoms with Crippen LogP contribution < -0.4 is 5.32 Å². The van der Waals surface area contributed by atoms with E-state index in [0.717, 1.165) is 40.2 Å². The van der Waals surface area contributed by atoms with Crippen molar-refractivity contribution in [2.75, 3.05) is 5.32 Å². The van der Waals surface area contributed by atoms with Crippen LogP contribution in [0, 0.1) is 6.92 Å². The fourth-order valence-corrected chi connectivity index (χ4v) is 3.99. The molecule has 4 heteroatoms. The lowest BCUT2D eigenvalue weighted by atomic mass is 10.1. The molecule has 142 valence electrons. The number of aromatic hydroxyl groups is 1.